The van der Waals surface area contributed by atoms with Gasteiger partial charge < -0.3 is 19.5 Å². The Morgan fingerprint density at radius 2 is 2.06 bits per heavy atom. The second-order valence-electron chi connectivity index (χ2n) is 2.63. The van der Waals surface area contributed by atoms with Gasteiger partial charge in [-0.3, -0.25) is 4.79 Å². The van der Waals surface area contributed by atoms with Crippen molar-refractivity contribution in [2.45, 2.75) is 6.42 Å². The highest BCUT2D eigenvalue weighted by Gasteiger charge is 2.01. The summed E-state index contributed by atoms with van der Waals surface area (Å²) in [6, 6.07) is 0. The molecule has 90 valence electrons. The number of nitrogens with one attached hydrogen (secondary N) is 1. The number of methoxy groups -OCH3 is 1. The SMILES string of the molecule is C#CCNC(=O)OCCOCCC(=O)OC. The third-order valence-corrected chi connectivity index (χ3v) is 1.47. The van der Waals surface area contributed by atoms with Crippen LogP contribution in [0.15, 0.2) is 0 Å². The summed E-state index contributed by atoms with van der Waals surface area (Å²) in [6.45, 7) is 0.697. The molecule has 0 aromatic carbocycles. The molecule has 6 heteroatoms. The average Bonchev–Trinajstić information content (AvgIpc) is 2.30. The van der Waals surface area contributed by atoms with E-state index in [-0.39, 0.29) is 38.8 Å². The van der Waals surface area contributed by atoms with Gasteiger partial charge in [-0.15, -0.1) is 6.42 Å². The number of amides is 1. The number of terminal acetylenes is 1. The van der Waals surface area contributed by atoms with E-state index < -0.39 is 6.09 Å². The number of carbonyl (C=O) groups excluding carboxylic acids is 2. The van der Waals surface area contributed by atoms with Gasteiger partial charge in [0.05, 0.1) is 33.3 Å². The monoisotopic (exact) mass is 229 g/mol. The average molecular weight is 229 g/mol. The molecule has 0 atom stereocenters. The fourth-order valence-electron chi connectivity index (χ4n) is 0.727. The smallest absolute Gasteiger partial charge is 0.407 e. The molecular formula is C10H15NO5. The molecule has 0 aliphatic rings. The largest absolute Gasteiger partial charge is 0.469 e. The fourth-order valence-corrected chi connectivity index (χ4v) is 0.727. The molecule has 1 N–H and O–H groups in total. The molecule has 0 aromatic heterocycles. The minimum Gasteiger partial charge on any atom is -0.469 e. The molecule has 0 fully saturated rings. The van der Waals surface area contributed by atoms with Gasteiger partial charge in [0.2, 0.25) is 0 Å². The Kier molecular flexibility index (Phi) is 8.74. The Hall–Kier alpha value is -1.74. The van der Waals surface area contributed by atoms with Crippen molar-refractivity contribution in [2.75, 3.05) is 33.5 Å². The number of ether oxygens (including phenoxy) is 3. The predicted octanol–water partition coefficient (Wildman–Crippen LogP) is -0.0745. The van der Waals surface area contributed by atoms with Gasteiger partial charge in [0.25, 0.3) is 0 Å². The van der Waals surface area contributed by atoms with E-state index in [1.54, 1.807) is 0 Å². The van der Waals surface area contributed by atoms with E-state index in [0.717, 1.165) is 0 Å². The summed E-state index contributed by atoms with van der Waals surface area (Å²) in [6.07, 6.45) is 4.52. The van der Waals surface area contributed by atoms with Crippen molar-refractivity contribution in [3.8, 4) is 12.3 Å². The molecule has 16 heavy (non-hydrogen) atoms. The summed E-state index contributed by atoms with van der Waals surface area (Å²) < 4.78 is 14.1. The number of hydrogen-bond acceptors (Lipinski definition) is 5. The fraction of sp³-hybridized carbons (Fsp3) is 0.600. The lowest BCUT2D eigenvalue weighted by Gasteiger charge is -2.05. The van der Waals surface area contributed by atoms with Gasteiger partial charge in [0, 0.05) is 0 Å². The maximum absolute atomic E-state index is 10.8. The Morgan fingerprint density at radius 3 is 2.69 bits per heavy atom. The van der Waals surface area contributed by atoms with Crippen LogP contribution in [0.2, 0.25) is 0 Å². The third kappa shape index (κ3) is 8.84. The van der Waals surface area contributed by atoms with Crippen molar-refractivity contribution in [3.05, 3.63) is 0 Å². The molecule has 0 aliphatic heterocycles. The summed E-state index contributed by atoms with van der Waals surface area (Å²) in [5, 5.41) is 2.32. The van der Waals surface area contributed by atoms with E-state index in [0.29, 0.717) is 0 Å². The maximum atomic E-state index is 10.8. The highest BCUT2D eigenvalue weighted by molar-refractivity contribution is 5.69. The molecule has 0 aliphatic carbocycles. The minimum absolute atomic E-state index is 0.109. The first-order chi connectivity index (χ1) is 7.70. The lowest BCUT2D eigenvalue weighted by molar-refractivity contribution is -0.141. The molecular weight excluding hydrogens is 214 g/mol. The summed E-state index contributed by atoms with van der Waals surface area (Å²) in [5.74, 6) is 1.89. The summed E-state index contributed by atoms with van der Waals surface area (Å²) in [5.41, 5.74) is 0. The first-order valence-electron chi connectivity index (χ1n) is 4.69. The van der Waals surface area contributed by atoms with Crippen LogP contribution in [-0.4, -0.2) is 45.5 Å². The summed E-state index contributed by atoms with van der Waals surface area (Å²) >= 11 is 0. The minimum atomic E-state index is -0.588. The zero-order chi connectivity index (χ0) is 12.2. The first-order valence-corrected chi connectivity index (χ1v) is 4.69. The van der Waals surface area contributed by atoms with Crippen LogP contribution in [-0.2, 0) is 19.0 Å². The van der Waals surface area contributed by atoms with Crippen LogP contribution in [0.5, 0.6) is 0 Å². The Bertz CT molecular complexity index is 258. The topological polar surface area (TPSA) is 73.9 Å². The van der Waals surface area contributed by atoms with Crippen molar-refractivity contribution < 1.29 is 23.8 Å². The van der Waals surface area contributed by atoms with Gasteiger partial charge in [-0.05, 0) is 0 Å². The van der Waals surface area contributed by atoms with Crippen LogP contribution in [0.3, 0.4) is 0 Å². The molecule has 0 saturated carbocycles. The summed E-state index contributed by atoms with van der Waals surface area (Å²) in [4.78, 5) is 21.5. The molecule has 0 radical (unpaired) electrons. The molecule has 6 nitrogen and oxygen atoms in total. The maximum Gasteiger partial charge on any atom is 0.407 e. The van der Waals surface area contributed by atoms with Crippen molar-refractivity contribution in [1.82, 2.24) is 5.32 Å². The van der Waals surface area contributed by atoms with Gasteiger partial charge >= 0.3 is 12.1 Å². The number of esters is 1. The van der Waals surface area contributed by atoms with Gasteiger partial charge in [-0.2, -0.15) is 0 Å². The molecule has 0 spiro atoms. The normalized spacial score (nSPS) is 9.00. The predicted molar refractivity (Wildman–Crippen MR) is 55.6 cm³/mol. The van der Waals surface area contributed by atoms with Gasteiger partial charge in [0.15, 0.2) is 0 Å². The van der Waals surface area contributed by atoms with Crippen molar-refractivity contribution in [2.24, 2.45) is 0 Å². The second-order valence-corrected chi connectivity index (χ2v) is 2.63. The van der Waals surface area contributed by atoms with Crippen molar-refractivity contribution in [3.63, 3.8) is 0 Å². The van der Waals surface area contributed by atoms with E-state index >= 15 is 0 Å². The van der Waals surface area contributed by atoms with E-state index in [9.17, 15) is 9.59 Å². The van der Waals surface area contributed by atoms with Crippen molar-refractivity contribution >= 4 is 12.1 Å². The Balaban J connectivity index is 3.24. The van der Waals surface area contributed by atoms with Crippen LogP contribution in [0.4, 0.5) is 4.79 Å². The molecule has 0 unspecified atom stereocenters. The van der Waals surface area contributed by atoms with Crippen LogP contribution in [0.1, 0.15) is 6.42 Å². The van der Waals surface area contributed by atoms with Crippen LogP contribution >= 0.6 is 0 Å². The van der Waals surface area contributed by atoms with E-state index in [2.05, 4.69) is 16.0 Å². The highest BCUT2D eigenvalue weighted by atomic mass is 16.6. The number of alkyl carbamates (subject to hydrolysis) is 1. The zero-order valence-electron chi connectivity index (χ0n) is 9.15. The molecule has 0 heterocycles. The number of hydrogen-bond donors (Lipinski definition) is 1. The third-order valence-electron chi connectivity index (χ3n) is 1.47. The summed E-state index contributed by atoms with van der Waals surface area (Å²) in [7, 11) is 1.31. The lowest BCUT2D eigenvalue weighted by Crippen LogP contribution is -2.25. The van der Waals surface area contributed by atoms with Gasteiger partial charge in [0.1, 0.15) is 6.61 Å². The Morgan fingerprint density at radius 1 is 1.31 bits per heavy atom. The standard InChI is InChI=1S/C10H15NO5/c1-3-5-11-10(13)16-8-7-15-6-4-9(12)14-2/h1H,4-8H2,2H3,(H,11,13). The molecule has 0 rings (SSSR count). The number of rotatable bonds is 7. The molecule has 0 aromatic rings. The van der Waals surface area contributed by atoms with E-state index in [4.69, 9.17) is 15.9 Å². The second kappa shape index (κ2) is 9.80. The molecule has 0 bridgehead atoms. The number of carbonyl (C=O) groups is 2. The zero-order valence-corrected chi connectivity index (χ0v) is 9.15. The quantitative estimate of drug-likeness (QED) is 0.375. The highest BCUT2D eigenvalue weighted by Crippen LogP contribution is 1.87. The molecule has 1 amide bonds. The van der Waals surface area contributed by atoms with E-state index in [1.807, 2.05) is 0 Å². The van der Waals surface area contributed by atoms with Gasteiger partial charge in [-0.1, -0.05) is 5.92 Å². The first kappa shape index (κ1) is 14.3. The van der Waals surface area contributed by atoms with Crippen LogP contribution < -0.4 is 5.32 Å². The van der Waals surface area contributed by atoms with E-state index in [1.165, 1.54) is 7.11 Å². The van der Waals surface area contributed by atoms with Crippen LogP contribution in [0.25, 0.3) is 0 Å². The van der Waals surface area contributed by atoms with Crippen LogP contribution in [0, 0.1) is 12.3 Å². The Labute approximate surface area is 94.2 Å². The lowest BCUT2D eigenvalue weighted by atomic mass is 10.5. The van der Waals surface area contributed by atoms with Gasteiger partial charge in [-0.25, -0.2) is 4.79 Å². The van der Waals surface area contributed by atoms with Crippen molar-refractivity contribution in [1.29, 1.82) is 0 Å². The molecule has 0 saturated heterocycles.